The third-order valence-corrected chi connectivity index (χ3v) is 5.02. The van der Waals surface area contributed by atoms with E-state index in [0.29, 0.717) is 18.8 Å². The average molecular weight is 331 g/mol. The van der Waals surface area contributed by atoms with E-state index in [1.54, 1.807) is 28.9 Å². The van der Waals surface area contributed by atoms with Gasteiger partial charge in [-0.05, 0) is 31.9 Å². The van der Waals surface area contributed by atoms with Crippen LogP contribution in [0.1, 0.15) is 32.6 Å². The zero-order valence-electron chi connectivity index (χ0n) is 13.7. The Balaban J connectivity index is 1.72. The van der Waals surface area contributed by atoms with Crippen LogP contribution in [0.2, 0.25) is 0 Å². The van der Waals surface area contributed by atoms with E-state index in [2.05, 4.69) is 0 Å². The maximum absolute atomic E-state index is 12.7. The number of nitrogens with zero attached hydrogens (tertiary/aromatic N) is 3. The van der Waals surface area contributed by atoms with Gasteiger partial charge in [0.25, 0.3) is 5.69 Å². The van der Waals surface area contributed by atoms with E-state index in [-0.39, 0.29) is 23.4 Å². The summed E-state index contributed by atoms with van der Waals surface area (Å²) < 4.78 is 0. The number of rotatable bonds is 3. The lowest BCUT2D eigenvalue weighted by Gasteiger charge is -2.40. The first-order chi connectivity index (χ1) is 11.5. The van der Waals surface area contributed by atoms with Crippen LogP contribution >= 0.6 is 0 Å². The Morgan fingerprint density at radius 1 is 1.17 bits per heavy atom. The molecule has 0 bridgehead atoms. The minimum absolute atomic E-state index is 0.00528. The highest BCUT2D eigenvalue weighted by Crippen LogP contribution is 2.29. The summed E-state index contributed by atoms with van der Waals surface area (Å²) in [5.74, 6) is 0.0179. The standard InChI is InChI=1S/C17H21N3O4/c1-12-16(21)19(14-6-8-15(9-7-14)20(23)24)11-10-18(12)17(22)13-4-2-3-5-13/h6-9,12-13H,2-5,10-11H2,1H3. The zero-order chi connectivity index (χ0) is 17.3. The van der Waals surface area contributed by atoms with Crippen molar-refractivity contribution in [2.45, 2.75) is 38.6 Å². The summed E-state index contributed by atoms with van der Waals surface area (Å²) in [6, 6.07) is 5.45. The van der Waals surface area contributed by atoms with Crippen LogP contribution in [0.25, 0.3) is 0 Å². The van der Waals surface area contributed by atoms with Crippen molar-refractivity contribution in [2.75, 3.05) is 18.0 Å². The number of piperazine rings is 1. The summed E-state index contributed by atoms with van der Waals surface area (Å²) in [4.78, 5) is 38.8. The molecular formula is C17H21N3O4. The third kappa shape index (κ3) is 2.98. The number of carbonyl (C=O) groups excluding carboxylic acids is 2. The molecule has 0 N–H and O–H groups in total. The summed E-state index contributed by atoms with van der Waals surface area (Å²) >= 11 is 0. The molecule has 7 nitrogen and oxygen atoms in total. The van der Waals surface area contributed by atoms with Crippen molar-refractivity contribution in [3.63, 3.8) is 0 Å². The molecule has 0 radical (unpaired) electrons. The highest BCUT2D eigenvalue weighted by molar-refractivity contribution is 6.00. The molecule has 7 heteroatoms. The second-order valence-electron chi connectivity index (χ2n) is 6.45. The topological polar surface area (TPSA) is 83.8 Å². The molecule has 1 aromatic carbocycles. The molecule has 2 fully saturated rings. The van der Waals surface area contributed by atoms with E-state index in [1.165, 1.54) is 12.1 Å². The first-order valence-corrected chi connectivity index (χ1v) is 8.35. The molecule has 2 amide bonds. The fraction of sp³-hybridized carbons (Fsp3) is 0.529. The van der Waals surface area contributed by atoms with E-state index >= 15 is 0 Å². The van der Waals surface area contributed by atoms with Gasteiger partial charge in [0.05, 0.1) is 4.92 Å². The van der Waals surface area contributed by atoms with Crippen LogP contribution in [0.3, 0.4) is 0 Å². The second-order valence-corrected chi connectivity index (χ2v) is 6.45. The SMILES string of the molecule is CC1C(=O)N(c2ccc([N+](=O)[O-])cc2)CCN1C(=O)C1CCCC1. The van der Waals surface area contributed by atoms with Gasteiger partial charge in [-0.15, -0.1) is 0 Å². The number of hydrogen-bond acceptors (Lipinski definition) is 4. The highest BCUT2D eigenvalue weighted by Gasteiger charge is 2.38. The van der Waals surface area contributed by atoms with E-state index in [0.717, 1.165) is 25.7 Å². The number of hydrogen-bond donors (Lipinski definition) is 0. The summed E-state index contributed by atoms with van der Waals surface area (Å²) in [6.45, 7) is 2.67. The number of amides is 2. The molecule has 1 saturated carbocycles. The molecule has 1 aliphatic carbocycles. The van der Waals surface area contributed by atoms with Gasteiger partial charge in [-0.1, -0.05) is 12.8 Å². The van der Waals surface area contributed by atoms with Gasteiger partial charge < -0.3 is 9.80 Å². The van der Waals surface area contributed by atoms with Crippen molar-refractivity contribution in [3.05, 3.63) is 34.4 Å². The maximum Gasteiger partial charge on any atom is 0.269 e. The fourth-order valence-corrected chi connectivity index (χ4v) is 3.59. The number of nitro benzene ring substituents is 1. The summed E-state index contributed by atoms with van der Waals surface area (Å²) in [6.07, 6.45) is 4.01. The van der Waals surface area contributed by atoms with Crippen LogP contribution in [-0.4, -0.2) is 40.8 Å². The zero-order valence-corrected chi connectivity index (χ0v) is 13.7. The molecule has 3 rings (SSSR count). The Hall–Kier alpha value is -2.44. The maximum atomic E-state index is 12.7. The summed E-state index contributed by atoms with van der Waals surface area (Å²) in [5.41, 5.74) is 0.625. The monoisotopic (exact) mass is 331 g/mol. The van der Waals surface area contributed by atoms with Gasteiger partial charge in [0.1, 0.15) is 6.04 Å². The molecule has 1 heterocycles. The quantitative estimate of drug-likeness (QED) is 0.628. The molecule has 1 atom stereocenters. The van der Waals surface area contributed by atoms with Crippen molar-refractivity contribution < 1.29 is 14.5 Å². The van der Waals surface area contributed by atoms with Crippen molar-refractivity contribution in [1.82, 2.24) is 4.90 Å². The minimum atomic E-state index is -0.498. The lowest BCUT2D eigenvalue weighted by molar-refractivity contribution is -0.384. The van der Waals surface area contributed by atoms with Gasteiger partial charge in [0.15, 0.2) is 0 Å². The van der Waals surface area contributed by atoms with Crippen molar-refractivity contribution in [1.29, 1.82) is 0 Å². The van der Waals surface area contributed by atoms with E-state index in [1.807, 2.05) is 0 Å². The van der Waals surface area contributed by atoms with Crippen molar-refractivity contribution >= 4 is 23.2 Å². The van der Waals surface area contributed by atoms with Crippen LogP contribution < -0.4 is 4.90 Å². The summed E-state index contributed by atoms with van der Waals surface area (Å²) in [7, 11) is 0. The molecule has 2 aliphatic rings. The largest absolute Gasteiger partial charge is 0.329 e. The highest BCUT2D eigenvalue weighted by atomic mass is 16.6. The molecule has 128 valence electrons. The van der Waals surface area contributed by atoms with E-state index in [9.17, 15) is 19.7 Å². The van der Waals surface area contributed by atoms with Crippen molar-refractivity contribution in [2.24, 2.45) is 5.92 Å². The van der Waals surface area contributed by atoms with Crippen LogP contribution in [0.5, 0.6) is 0 Å². The third-order valence-electron chi connectivity index (χ3n) is 5.02. The van der Waals surface area contributed by atoms with Crippen molar-refractivity contribution in [3.8, 4) is 0 Å². The molecule has 1 unspecified atom stereocenters. The van der Waals surface area contributed by atoms with E-state index < -0.39 is 11.0 Å². The van der Waals surface area contributed by atoms with Gasteiger partial charge in [0, 0.05) is 36.8 Å². The first-order valence-electron chi connectivity index (χ1n) is 8.35. The Kier molecular flexibility index (Phi) is 4.51. The number of nitro groups is 1. The molecule has 1 aliphatic heterocycles. The average Bonchev–Trinajstić information content (AvgIpc) is 3.11. The minimum Gasteiger partial charge on any atom is -0.329 e. The van der Waals surface area contributed by atoms with Gasteiger partial charge in [0.2, 0.25) is 11.8 Å². The Labute approximate surface area is 140 Å². The molecule has 1 saturated heterocycles. The fourth-order valence-electron chi connectivity index (χ4n) is 3.59. The lowest BCUT2D eigenvalue weighted by atomic mass is 10.0. The van der Waals surface area contributed by atoms with E-state index in [4.69, 9.17) is 0 Å². The van der Waals surface area contributed by atoms with Crippen LogP contribution in [0.4, 0.5) is 11.4 Å². The Bertz CT molecular complexity index is 652. The Morgan fingerprint density at radius 3 is 2.38 bits per heavy atom. The molecule has 0 spiro atoms. The number of anilines is 1. The summed E-state index contributed by atoms with van der Waals surface area (Å²) in [5, 5.41) is 10.7. The second kappa shape index (κ2) is 6.59. The molecule has 1 aromatic rings. The van der Waals surface area contributed by atoms with Crippen LogP contribution in [-0.2, 0) is 9.59 Å². The first kappa shape index (κ1) is 16.4. The predicted octanol–water partition coefficient (Wildman–Crippen LogP) is 2.35. The smallest absolute Gasteiger partial charge is 0.269 e. The number of carbonyl (C=O) groups is 2. The van der Waals surface area contributed by atoms with Gasteiger partial charge >= 0.3 is 0 Å². The molecular weight excluding hydrogens is 310 g/mol. The normalized spacial score (nSPS) is 22.0. The van der Waals surface area contributed by atoms with Crippen LogP contribution in [0, 0.1) is 16.0 Å². The number of non-ortho nitro benzene ring substituents is 1. The lowest BCUT2D eigenvalue weighted by Crippen LogP contribution is -2.58. The molecule has 0 aromatic heterocycles. The number of benzene rings is 1. The van der Waals surface area contributed by atoms with Gasteiger partial charge in [-0.25, -0.2) is 0 Å². The van der Waals surface area contributed by atoms with Crippen LogP contribution in [0.15, 0.2) is 24.3 Å². The molecule has 24 heavy (non-hydrogen) atoms. The predicted molar refractivity (Wildman–Crippen MR) is 88.6 cm³/mol. The van der Waals surface area contributed by atoms with Gasteiger partial charge in [-0.2, -0.15) is 0 Å². The Morgan fingerprint density at radius 2 is 1.79 bits per heavy atom. The van der Waals surface area contributed by atoms with Gasteiger partial charge in [-0.3, -0.25) is 19.7 Å².